The molecule has 138 valence electrons. The number of aromatic hydroxyl groups is 1. The van der Waals surface area contributed by atoms with Crippen molar-refractivity contribution >= 4 is 5.71 Å². The van der Waals surface area contributed by atoms with Crippen LogP contribution in [-0.4, -0.2) is 20.4 Å². The zero-order valence-electron chi connectivity index (χ0n) is 15.2. The third kappa shape index (κ3) is 4.06. The summed E-state index contributed by atoms with van der Waals surface area (Å²) in [6.45, 7) is 3.71. The summed E-state index contributed by atoms with van der Waals surface area (Å²) in [7, 11) is 0. The van der Waals surface area contributed by atoms with Gasteiger partial charge in [-0.15, -0.1) is 0 Å². The van der Waals surface area contributed by atoms with Crippen molar-refractivity contribution in [3.05, 3.63) is 98.2 Å². The highest BCUT2D eigenvalue weighted by Gasteiger charge is 2.17. The predicted molar refractivity (Wildman–Crippen MR) is 106 cm³/mol. The topological polar surface area (TPSA) is 87.4 Å². The minimum absolute atomic E-state index is 0.00770. The van der Waals surface area contributed by atoms with Gasteiger partial charge >= 0.3 is 5.69 Å². The quantitative estimate of drug-likeness (QED) is 0.683. The Bertz CT molecular complexity index is 1070. The van der Waals surface area contributed by atoms with Crippen molar-refractivity contribution in [1.29, 1.82) is 0 Å². The Balaban J connectivity index is 2.02. The number of rotatable bonds is 5. The fraction of sp³-hybridized carbons (Fsp3) is 0.190. The van der Waals surface area contributed by atoms with E-state index < -0.39 is 11.2 Å². The number of hydrogen-bond acceptors (Lipinski definition) is 4. The van der Waals surface area contributed by atoms with E-state index in [0.29, 0.717) is 5.71 Å². The molecule has 0 bridgehead atoms. The lowest BCUT2D eigenvalue weighted by molar-refractivity contribution is 0.408. The van der Waals surface area contributed by atoms with Gasteiger partial charge in [-0.3, -0.25) is 19.3 Å². The van der Waals surface area contributed by atoms with Crippen LogP contribution < -0.4 is 11.2 Å². The van der Waals surface area contributed by atoms with Crippen LogP contribution in [0.15, 0.2) is 75.2 Å². The number of H-pyrrole nitrogens is 1. The highest BCUT2D eigenvalue weighted by molar-refractivity contribution is 6.00. The van der Waals surface area contributed by atoms with Crippen molar-refractivity contribution in [3.8, 4) is 5.88 Å². The lowest BCUT2D eigenvalue weighted by atomic mass is 10.1. The van der Waals surface area contributed by atoms with E-state index in [0.717, 1.165) is 15.7 Å². The van der Waals surface area contributed by atoms with Crippen LogP contribution in [0.5, 0.6) is 5.88 Å². The molecule has 3 aromatic rings. The summed E-state index contributed by atoms with van der Waals surface area (Å²) in [6, 6.07) is 18.7. The number of nitrogens with zero attached hydrogens (tertiary/aromatic N) is 2. The van der Waals surface area contributed by atoms with Gasteiger partial charge in [0.05, 0.1) is 18.3 Å². The van der Waals surface area contributed by atoms with Crippen molar-refractivity contribution in [2.24, 2.45) is 4.99 Å². The Labute approximate surface area is 156 Å². The molecule has 0 aliphatic rings. The standard InChI is InChI=1S/C21H21N3O3/c1-14(17-11-7-4-8-12-17)22-15(2)18-19(25)23-21(27)24(20(18)26)13-16-9-5-3-6-10-16/h3-12,14,26H,13H2,1-2H3,(H,23,25,27)/t14-/m0/s1. The van der Waals surface area contributed by atoms with Gasteiger partial charge < -0.3 is 5.11 Å². The van der Waals surface area contributed by atoms with Gasteiger partial charge in [0.1, 0.15) is 5.56 Å². The van der Waals surface area contributed by atoms with Gasteiger partial charge in [0.2, 0.25) is 5.88 Å². The number of hydrogen-bond donors (Lipinski definition) is 2. The second-order valence-electron chi connectivity index (χ2n) is 6.33. The van der Waals surface area contributed by atoms with E-state index in [4.69, 9.17) is 0 Å². The van der Waals surface area contributed by atoms with E-state index in [2.05, 4.69) is 9.98 Å². The van der Waals surface area contributed by atoms with Crippen LogP contribution in [0.2, 0.25) is 0 Å². The van der Waals surface area contributed by atoms with Crippen LogP contribution in [0.3, 0.4) is 0 Å². The molecule has 0 radical (unpaired) electrons. The number of aromatic amines is 1. The highest BCUT2D eigenvalue weighted by Crippen LogP contribution is 2.19. The molecule has 1 atom stereocenters. The molecule has 2 N–H and O–H groups in total. The first-order valence-electron chi connectivity index (χ1n) is 8.67. The molecule has 3 rings (SSSR count). The third-order valence-corrected chi connectivity index (χ3v) is 4.39. The molecule has 0 spiro atoms. The molecule has 1 heterocycles. The molecule has 0 amide bonds. The molecule has 0 fully saturated rings. The van der Waals surface area contributed by atoms with Crippen molar-refractivity contribution in [2.45, 2.75) is 26.4 Å². The molecule has 0 saturated carbocycles. The van der Waals surface area contributed by atoms with Crippen LogP contribution in [0.25, 0.3) is 0 Å². The molecule has 27 heavy (non-hydrogen) atoms. The van der Waals surface area contributed by atoms with Crippen molar-refractivity contribution in [3.63, 3.8) is 0 Å². The first kappa shape index (κ1) is 18.4. The maximum Gasteiger partial charge on any atom is 0.331 e. The Hall–Kier alpha value is -3.41. The molecule has 6 nitrogen and oxygen atoms in total. The van der Waals surface area contributed by atoms with Crippen LogP contribution in [0.1, 0.15) is 36.6 Å². The summed E-state index contributed by atoms with van der Waals surface area (Å²) < 4.78 is 1.14. The fourth-order valence-electron chi connectivity index (χ4n) is 2.96. The first-order valence-corrected chi connectivity index (χ1v) is 8.67. The summed E-state index contributed by atoms with van der Waals surface area (Å²) >= 11 is 0. The number of benzene rings is 2. The molecule has 0 aliphatic heterocycles. The zero-order chi connectivity index (χ0) is 19.4. The minimum Gasteiger partial charge on any atom is -0.494 e. The van der Waals surface area contributed by atoms with Crippen molar-refractivity contribution in [2.75, 3.05) is 0 Å². The lowest BCUT2D eigenvalue weighted by Gasteiger charge is -2.13. The average molecular weight is 363 g/mol. The predicted octanol–water partition coefficient (Wildman–Crippen LogP) is 2.86. The largest absolute Gasteiger partial charge is 0.494 e. The van der Waals surface area contributed by atoms with E-state index >= 15 is 0 Å². The van der Waals surface area contributed by atoms with Gasteiger partial charge in [0.15, 0.2) is 0 Å². The maximum absolute atomic E-state index is 12.3. The normalized spacial score (nSPS) is 12.7. The monoisotopic (exact) mass is 363 g/mol. The van der Waals surface area contributed by atoms with Gasteiger partial charge in [0.25, 0.3) is 5.56 Å². The summed E-state index contributed by atoms with van der Waals surface area (Å²) in [6.07, 6.45) is 0. The van der Waals surface area contributed by atoms with E-state index in [1.807, 2.05) is 67.6 Å². The number of nitrogens with one attached hydrogen (secondary N) is 1. The molecule has 0 unspecified atom stereocenters. The zero-order valence-corrected chi connectivity index (χ0v) is 15.2. The number of aliphatic imine (C=N–C) groups is 1. The Morgan fingerprint density at radius 1 is 1.07 bits per heavy atom. The van der Waals surface area contributed by atoms with Crippen molar-refractivity contribution in [1.82, 2.24) is 9.55 Å². The fourth-order valence-corrected chi connectivity index (χ4v) is 2.96. The third-order valence-electron chi connectivity index (χ3n) is 4.39. The SMILES string of the molecule is CC(=N[C@@H](C)c1ccccc1)c1c(O)n(Cc2ccccc2)c(=O)[nH]c1=O. The van der Waals surface area contributed by atoms with Gasteiger partial charge in [-0.25, -0.2) is 4.79 Å². The smallest absolute Gasteiger partial charge is 0.331 e. The van der Waals surface area contributed by atoms with E-state index in [1.54, 1.807) is 6.92 Å². The molecular weight excluding hydrogens is 342 g/mol. The van der Waals surface area contributed by atoms with Crippen molar-refractivity contribution < 1.29 is 5.11 Å². The Morgan fingerprint density at radius 3 is 2.30 bits per heavy atom. The summed E-state index contributed by atoms with van der Waals surface area (Å²) in [5.41, 5.74) is 0.892. The van der Waals surface area contributed by atoms with Gasteiger partial charge in [-0.05, 0) is 25.0 Å². The summed E-state index contributed by atoms with van der Waals surface area (Å²) in [5.74, 6) is -0.380. The second kappa shape index (κ2) is 7.86. The van der Waals surface area contributed by atoms with Gasteiger partial charge in [-0.1, -0.05) is 60.7 Å². The maximum atomic E-state index is 12.3. The molecule has 0 saturated heterocycles. The molecule has 1 aromatic heterocycles. The van der Waals surface area contributed by atoms with Crippen LogP contribution >= 0.6 is 0 Å². The summed E-state index contributed by atoms with van der Waals surface area (Å²) in [4.78, 5) is 31.3. The Kier molecular flexibility index (Phi) is 5.35. The second-order valence-corrected chi connectivity index (χ2v) is 6.33. The first-order chi connectivity index (χ1) is 13.0. The molecular formula is C21H21N3O3. The van der Waals surface area contributed by atoms with Crippen LogP contribution in [0.4, 0.5) is 0 Å². The van der Waals surface area contributed by atoms with E-state index in [-0.39, 0.29) is 24.0 Å². The Morgan fingerprint density at radius 2 is 1.67 bits per heavy atom. The molecule has 0 aliphatic carbocycles. The van der Waals surface area contributed by atoms with Crippen LogP contribution in [0, 0.1) is 0 Å². The number of aromatic nitrogens is 2. The van der Waals surface area contributed by atoms with E-state index in [9.17, 15) is 14.7 Å². The van der Waals surface area contributed by atoms with E-state index in [1.165, 1.54) is 0 Å². The lowest BCUT2D eigenvalue weighted by Crippen LogP contribution is -2.34. The van der Waals surface area contributed by atoms with Gasteiger partial charge in [-0.2, -0.15) is 0 Å². The molecule has 2 aromatic carbocycles. The van der Waals surface area contributed by atoms with Gasteiger partial charge in [0, 0.05) is 0 Å². The highest BCUT2D eigenvalue weighted by atomic mass is 16.3. The minimum atomic E-state index is -0.658. The summed E-state index contributed by atoms with van der Waals surface area (Å²) in [5, 5.41) is 10.6. The van der Waals surface area contributed by atoms with Crippen LogP contribution in [-0.2, 0) is 6.54 Å². The molecule has 6 heteroatoms. The average Bonchev–Trinajstić information content (AvgIpc) is 2.66.